The van der Waals surface area contributed by atoms with Gasteiger partial charge in [-0.15, -0.1) is 11.6 Å². The van der Waals surface area contributed by atoms with Crippen LogP contribution in [0.25, 0.3) is 11.0 Å². The van der Waals surface area contributed by atoms with Crippen LogP contribution in [0, 0.1) is 17.2 Å². The molecule has 2 aromatic rings. The molecule has 2 heterocycles. The van der Waals surface area contributed by atoms with E-state index >= 15 is 0 Å². The van der Waals surface area contributed by atoms with Crippen LogP contribution in [-0.2, 0) is 22.3 Å². The fourth-order valence-corrected chi connectivity index (χ4v) is 4.88. The molecular formula is C14H14ClN3O2S. The van der Waals surface area contributed by atoms with Crippen molar-refractivity contribution in [2.75, 3.05) is 11.5 Å². The number of hydrogen-bond acceptors (Lipinski definition) is 4. The molecule has 21 heavy (non-hydrogen) atoms. The lowest BCUT2D eigenvalue weighted by Crippen LogP contribution is -2.14. The molecule has 1 aliphatic heterocycles. The minimum atomic E-state index is -2.90. The summed E-state index contributed by atoms with van der Waals surface area (Å²) < 4.78 is 25.1. The Balaban J connectivity index is 2.02. The lowest BCUT2D eigenvalue weighted by molar-refractivity contribution is 0.490. The largest absolute Gasteiger partial charge is 0.327 e. The lowest BCUT2D eigenvalue weighted by atomic mass is 10.1. The maximum Gasteiger partial charge on any atom is 0.150 e. The van der Waals surface area contributed by atoms with Gasteiger partial charge in [0, 0.05) is 6.54 Å². The third-order valence-electron chi connectivity index (χ3n) is 3.84. The summed E-state index contributed by atoms with van der Waals surface area (Å²) in [4.78, 5) is 4.46. The van der Waals surface area contributed by atoms with E-state index in [2.05, 4.69) is 11.1 Å². The molecule has 0 radical (unpaired) electrons. The highest BCUT2D eigenvalue weighted by molar-refractivity contribution is 7.91. The predicted molar refractivity (Wildman–Crippen MR) is 80.8 cm³/mol. The maximum atomic E-state index is 11.6. The molecule has 1 aromatic heterocycles. The van der Waals surface area contributed by atoms with Crippen molar-refractivity contribution in [3.8, 4) is 6.07 Å². The minimum absolute atomic E-state index is 0.0834. The molecule has 0 N–H and O–H groups in total. The standard InChI is InChI=1S/C14H14ClN3O2S/c15-6-14-17-12-2-1-10(7-16)5-13(12)18(14)8-11-3-4-21(19,20)9-11/h1-2,5,11H,3-4,6,8-9H2. The van der Waals surface area contributed by atoms with Crippen LogP contribution >= 0.6 is 11.6 Å². The molecule has 0 spiro atoms. The average Bonchev–Trinajstić information content (AvgIpc) is 2.99. The predicted octanol–water partition coefficient (Wildman–Crippen LogP) is 2.08. The number of nitriles is 1. The molecule has 5 nitrogen and oxygen atoms in total. The highest BCUT2D eigenvalue weighted by Gasteiger charge is 2.29. The Morgan fingerprint density at radius 3 is 2.90 bits per heavy atom. The number of halogens is 1. The van der Waals surface area contributed by atoms with Crippen LogP contribution in [0.5, 0.6) is 0 Å². The molecule has 0 amide bonds. The van der Waals surface area contributed by atoms with Crippen molar-refractivity contribution < 1.29 is 8.42 Å². The molecule has 0 aliphatic carbocycles. The highest BCUT2D eigenvalue weighted by Crippen LogP contribution is 2.25. The molecule has 110 valence electrons. The van der Waals surface area contributed by atoms with E-state index in [1.165, 1.54) is 0 Å². The molecule has 0 saturated carbocycles. The van der Waals surface area contributed by atoms with Crippen molar-refractivity contribution >= 4 is 32.5 Å². The first-order valence-electron chi connectivity index (χ1n) is 6.68. The summed E-state index contributed by atoms with van der Waals surface area (Å²) in [5.74, 6) is 1.53. The number of benzene rings is 1. The molecular weight excluding hydrogens is 310 g/mol. The van der Waals surface area contributed by atoms with Crippen molar-refractivity contribution in [2.45, 2.75) is 18.8 Å². The van der Waals surface area contributed by atoms with Gasteiger partial charge in [0.05, 0.1) is 40.1 Å². The molecule has 7 heteroatoms. The molecule has 0 bridgehead atoms. The third-order valence-corrected chi connectivity index (χ3v) is 5.92. The van der Waals surface area contributed by atoms with Gasteiger partial charge >= 0.3 is 0 Å². The Hall–Kier alpha value is -1.58. The van der Waals surface area contributed by atoms with Crippen LogP contribution in [0.1, 0.15) is 17.8 Å². The second kappa shape index (κ2) is 5.32. The summed E-state index contributed by atoms with van der Waals surface area (Å²) in [5, 5.41) is 9.02. The van der Waals surface area contributed by atoms with E-state index in [-0.39, 0.29) is 23.3 Å². The van der Waals surface area contributed by atoms with Crippen molar-refractivity contribution in [3.05, 3.63) is 29.6 Å². The van der Waals surface area contributed by atoms with Gasteiger partial charge in [-0.3, -0.25) is 0 Å². The van der Waals surface area contributed by atoms with Gasteiger partial charge in [0.25, 0.3) is 0 Å². The average molecular weight is 324 g/mol. The van der Waals surface area contributed by atoms with Gasteiger partial charge in [-0.25, -0.2) is 13.4 Å². The first-order chi connectivity index (χ1) is 10.0. The summed E-state index contributed by atoms with van der Waals surface area (Å²) in [6.07, 6.45) is 0.668. The van der Waals surface area contributed by atoms with Gasteiger partial charge in [0.15, 0.2) is 9.84 Å². The van der Waals surface area contributed by atoms with E-state index in [4.69, 9.17) is 16.9 Å². The van der Waals surface area contributed by atoms with E-state index in [1.54, 1.807) is 18.2 Å². The second-order valence-corrected chi connectivity index (χ2v) is 7.85. The monoisotopic (exact) mass is 323 g/mol. The van der Waals surface area contributed by atoms with Crippen LogP contribution in [0.15, 0.2) is 18.2 Å². The zero-order valence-electron chi connectivity index (χ0n) is 11.3. The Morgan fingerprint density at radius 1 is 1.48 bits per heavy atom. The van der Waals surface area contributed by atoms with Crippen LogP contribution in [-0.4, -0.2) is 29.5 Å². The van der Waals surface area contributed by atoms with Crippen molar-refractivity contribution in [2.24, 2.45) is 5.92 Å². The number of fused-ring (bicyclic) bond motifs is 1. The zero-order chi connectivity index (χ0) is 15.0. The summed E-state index contributed by atoms with van der Waals surface area (Å²) in [7, 11) is -2.90. The van der Waals surface area contributed by atoms with E-state index in [1.807, 2.05) is 4.57 Å². The molecule has 1 aromatic carbocycles. The van der Waals surface area contributed by atoms with E-state index in [0.717, 1.165) is 11.0 Å². The fourth-order valence-electron chi connectivity index (χ4n) is 2.82. The van der Waals surface area contributed by atoms with Gasteiger partial charge in [0.1, 0.15) is 5.82 Å². The first-order valence-corrected chi connectivity index (χ1v) is 9.03. The zero-order valence-corrected chi connectivity index (χ0v) is 12.9. The number of rotatable bonds is 3. The SMILES string of the molecule is N#Cc1ccc2nc(CCl)n(CC3CCS(=O)(=O)C3)c2c1. The molecule has 3 rings (SSSR count). The Kier molecular flexibility index (Phi) is 3.64. The Labute approximate surface area is 128 Å². The number of sulfone groups is 1. The van der Waals surface area contributed by atoms with Crippen molar-refractivity contribution in [1.29, 1.82) is 5.26 Å². The Morgan fingerprint density at radius 2 is 2.29 bits per heavy atom. The smallest absolute Gasteiger partial charge is 0.150 e. The molecule has 1 saturated heterocycles. The normalized spacial score (nSPS) is 20.7. The molecule has 1 atom stereocenters. The van der Waals surface area contributed by atoms with Gasteiger partial charge in [0.2, 0.25) is 0 Å². The molecule has 1 unspecified atom stereocenters. The third kappa shape index (κ3) is 2.76. The van der Waals surface area contributed by atoms with Crippen molar-refractivity contribution in [1.82, 2.24) is 9.55 Å². The van der Waals surface area contributed by atoms with E-state index < -0.39 is 9.84 Å². The van der Waals surface area contributed by atoms with Gasteiger partial charge < -0.3 is 4.57 Å². The van der Waals surface area contributed by atoms with E-state index in [9.17, 15) is 8.42 Å². The highest BCUT2D eigenvalue weighted by atomic mass is 35.5. The minimum Gasteiger partial charge on any atom is -0.327 e. The number of imidazole rings is 1. The topological polar surface area (TPSA) is 75.8 Å². The summed E-state index contributed by atoms with van der Waals surface area (Å²) in [6.45, 7) is 0.576. The van der Waals surface area contributed by atoms with Crippen molar-refractivity contribution in [3.63, 3.8) is 0 Å². The molecule has 1 fully saturated rings. The van der Waals surface area contributed by atoms with Gasteiger partial charge in [-0.2, -0.15) is 5.26 Å². The van der Waals surface area contributed by atoms with Crippen LogP contribution in [0.2, 0.25) is 0 Å². The van der Waals surface area contributed by atoms with Crippen LogP contribution in [0.4, 0.5) is 0 Å². The number of nitrogens with zero attached hydrogens (tertiary/aromatic N) is 3. The number of hydrogen-bond donors (Lipinski definition) is 0. The van der Waals surface area contributed by atoms with Crippen LogP contribution in [0.3, 0.4) is 0 Å². The van der Waals surface area contributed by atoms with E-state index in [0.29, 0.717) is 24.4 Å². The fraction of sp³-hybridized carbons (Fsp3) is 0.429. The lowest BCUT2D eigenvalue weighted by Gasteiger charge is -2.12. The quantitative estimate of drug-likeness (QED) is 0.810. The summed E-state index contributed by atoms with van der Waals surface area (Å²) >= 11 is 5.95. The number of alkyl halides is 1. The summed E-state index contributed by atoms with van der Waals surface area (Å²) in [6, 6.07) is 7.41. The van der Waals surface area contributed by atoms with Gasteiger partial charge in [-0.1, -0.05) is 0 Å². The molecule has 1 aliphatic rings. The van der Waals surface area contributed by atoms with Gasteiger partial charge in [-0.05, 0) is 30.5 Å². The number of aromatic nitrogens is 2. The Bertz CT molecular complexity index is 836. The maximum absolute atomic E-state index is 11.6. The summed E-state index contributed by atoms with van der Waals surface area (Å²) in [5.41, 5.74) is 2.18. The second-order valence-electron chi connectivity index (χ2n) is 5.36. The first kappa shape index (κ1) is 14.4. The van der Waals surface area contributed by atoms with Crippen LogP contribution < -0.4 is 0 Å².